The van der Waals surface area contributed by atoms with Crippen molar-refractivity contribution in [2.45, 2.75) is 97.8 Å². The van der Waals surface area contributed by atoms with Crippen molar-refractivity contribution in [3.8, 4) is 0 Å². The van der Waals surface area contributed by atoms with Crippen LogP contribution in [0.4, 0.5) is 0 Å². The third-order valence-corrected chi connectivity index (χ3v) is 7.99. The molecule has 22 heteroatoms. The number of aliphatic imine (C=N–C) groups is 2. The predicted molar refractivity (Wildman–Crippen MR) is 139 cm³/mol. The molecule has 14 N–H and O–H groups in total. The molecule has 16 atom stereocenters. The van der Waals surface area contributed by atoms with Crippen molar-refractivity contribution in [3.63, 3.8) is 0 Å². The number of aliphatic hydroxyl groups excluding tert-OH is 6. The lowest BCUT2D eigenvalue weighted by molar-refractivity contribution is -0.366. The third kappa shape index (κ3) is 6.54. The van der Waals surface area contributed by atoms with Crippen LogP contribution in [-0.2, 0) is 39.3 Å². The molecular formula is C21H37N6O15S-. The Hall–Kier alpha value is -2.00. The second-order valence-electron chi connectivity index (χ2n) is 10.1. The van der Waals surface area contributed by atoms with Crippen LogP contribution >= 0.6 is 0 Å². The van der Waals surface area contributed by atoms with Gasteiger partial charge in [0.2, 0.25) is 5.79 Å². The number of guanidine groups is 1. The van der Waals surface area contributed by atoms with Gasteiger partial charge in [-0.15, -0.1) is 0 Å². The van der Waals surface area contributed by atoms with Gasteiger partial charge in [0.15, 0.2) is 30.4 Å². The summed E-state index contributed by atoms with van der Waals surface area (Å²) in [5, 5.41) is 77.3. The van der Waals surface area contributed by atoms with Gasteiger partial charge in [-0.2, -0.15) is 0 Å². The van der Waals surface area contributed by atoms with Crippen LogP contribution in [0.1, 0.15) is 6.92 Å². The molecule has 1 aliphatic carbocycles. The van der Waals surface area contributed by atoms with Crippen molar-refractivity contribution in [1.82, 2.24) is 5.32 Å². The first-order valence-corrected chi connectivity index (χ1v) is 13.8. The Bertz CT molecular complexity index is 1060. The lowest BCUT2D eigenvalue weighted by Crippen LogP contribution is -2.73. The quantitative estimate of drug-likeness (QED) is 0.0326. The minimum absolute atomic E-state index is 0.0114. The van der Waals surface area contributed by atoms with Crippen LogP contribution in [0.5, 0.6) is 0 Å². The molecule has 2 heterocycles. The van der Waals surface area contributed by atoms with Crippen LogP contribution < -0.4 is 22.5 Å². The van der Waals surface area contributed by atoms with Gasteiger partial charge >= 0.3 is 0 Å². The molecule has 1 saturated carbocycles. The molecule has 0 aromatic carbocycles. The van der Waals surface area contributed by atoms with E-state index >= 15 is 0 Å². The molecule has 0 aromatic heterocycles. The van der Waals surface area contributed by atoms with Crippen LogP contribution in [0.25, 0.3) is 0 Å². The molecule has 21 nitrogen and oxygen atoms in total. The molecule has 3 fully saturated rings. The van der Waals surface area contributed by atoms with Crippen molar-refractivity contribution in [2.75, 3.05) is 13.7 Å². The minimum atomic E-state index is -3.60. The van der Waals surface area contributed by atoms with Gasteiger partial charge in [-0.25, -0.2) is 9.20 Å². The Kier molecular flexibility index (Phi) is 11.5. The van der Waals surface area contributed by atoms with E-state index < -0.39 is 115 Å². The highest BCUT2D eigenvalue weighted by atomic mass is 32.2. The van der Waals surface area contributed by atoms with Gasteiger partial charge in [0.05, 0.1) is 36.5 Å². The zero-order chi connectivity index (χ0) is 32.4. The van der Waals surface area contributed by atoms with Gasteiger partial charge in [0, 0.05) is 0 Å². The van der Waals surface area contributed by atoms with Gasteiger partial charge in [-0.05, 0) is 14.0 Å². The van der Waals surface area contributed by atoms with E-state index in [0.29, 0.717) is 6.34 Å². The summed E-state index contributed by atoms with van der Waals surface area (Å²) in [7, 11) is 1.35. The number of nitrogens with two attached hydrogens (primary N) is 3. The first-order chi connectivity index (χ1) is 20.1. The molecule has 1 unspecified atom stereocenters. The van der Waals surface area contributed by atoms with E-state index in [-0.39, 0.29) is 6.29 Å². The van der Waals surface area contributed by atoms with E-state index in [0.717, 1.165) is 0 Å². The van der Waals surface area contributed by atoms with Crippen molar-refractivity contribution in [3.05, 3.63) is 0 Å². The monoisotopic (exact) mass is 645 g/mol. The molecule has 0 bridgehead atoms. The molecule has 2 aliphatic heterocycles. The normalized spacial score (nSPS) is 47.8. The number of carbonyl (C=O) groups excluding carboxylic acids is 1. The van der Waals surface area contributed by atoms with E-state index in [1.54, 1.807) is 0 Å². The van der Waals surface area contributed by atoms with Gasteiger partial charge in [-0.3, -0.25) is 14.0 Å². The maximum absolute atomic E-state index is 12.2. The number of carbonyl (C=O) groups is 1. The number of aldehydes is 1. The highest BCUT2D eigenvalue weighted by Gasteiger charge is 2.67. The minimum Gasteiger partial charge on any atom is -0.750 e. The Morgan fingerprint density at radius 2 is 1.77 bits per heavy atom. The van der Waals surface area contributed by atoms with Crippen LogP contribution in [0.2, 0.25) is 0 Å². The molecule has 0 radical (unpaired) electrons. The van der Waals surface area contributed by atoms with Crippen LogP contribution in [0.15, 0.2) is 9.98 Å². The Morgan fingerprint density at radius 3 is 2.28 bits per heavy atom. The number of ether oxygens (including phenoxy) is 4. The van der Waals surface area contributed by atoms with Gasteiger partial charge in [-0.1, -0.05) is 0 Å². The lowest BCUT2D eigenvalue weighted by atomic mass is 9.79. The maximum Gasteiger partial charge on any atom is 0.239 e. The topological polar surface area (TPSA) is 360 Å². The molecule has 3 rings (SSSR count). The number of aliphatic hydroxyl groups is 7. The molecule has 0 spiro atoms. The number of likely N-dealkylation sites (N-methyl/N-ethyl adjacent to an activating group) is 1. The van der Waals surface area contributed by atoms with Crippen LogP contribution in [-0.4, -0.2) is 168 Å². The van der Waals surface area contributed by atoms with Crippen molar-refractivity contribution < 1.29 is 72.4 Å². The predicted octanol–water partition coefficient (Wildman–Crippen LogP) is -8.31. The standard InChI is InChI=1S/C21H38N6O15S/c1-6-20(35,4-29)16(40-17-9(25-2)11(31)10(30)7(3-28)39-17)18(38-6)41-21(42-43(36)37)14(27-19(23)24)12(32)8(26-5-22)13(33)15(21)34/h4-18,25,28,30-35H,3H2,1-2H3,(H2,22,26)(H,36,37)(H4,23,24,27)/p-1/t6-,7-,8+,9-,10-,11-,12+,13-,14-,15+,16-,17-,18-,20+,21+/m0/s1. The van der Waals surface area contributed by atoms with Gasteiger partial charge in [0.25, 0.3) is 0 Å². The van der Waals surface area contributed by atoms with E-state index in [9.17, 15) is 49.3 Å². The second kappa shape index (κ2) is 14.0. The largest absolute Gasteiger partial charge is 0.750 e. The lowest BCUT2D eigenvalue weighted by Gasteiger charge is -2.51. The smallest absolute Gasteiger partial charge is 0.239 e. The summed E-state index contributed by atoms with van der Waals surface area (Å²) in [6.45, 7) is 0.408. The summed E-state index contributed by atoms with van der Waals surface area (Å²) in [6.07, 6.45) is -17.8. The SMILES string of the molecule is CN[C@@H]1[C@H](O[C@H]2[C@H](O[C@]3(OS(=O)[O-])[C@H](O)[C@@H](O)[C@H](N=CN)[C@@H](O)[C@@H]3N=C(N)N)O[C@@H](C)[C@]2(O)C=O)O[C@@H](CO)[C@H](O)[C@H]1O. The number of nitrogens with one attached hydrogen (secondary N) is 1. The second-order valence-corrected chi connectivity index (χ2v) is 10.6. The highest BCUT2D eigenvalue weighted by molar-refractivity contribution is 7.74. The van der Waals surface area contributed by atoms with Crippen LogP contribution in [0.3, 0.4) is 0 Å². The zero-order valence-electron chi connectivity index (χ0n) is 22.8. The van der Waals surface area contributed by atoms with E-state index in [1.165, 1.54) is 14.0 Å². The summed E-state index contributed by atoms with van der Waals surface area (Å²) < 4.78 is 51.3. The zero-order valence-corrected chi connectivity index (χ0v) is 23.6. The summed E-state index contributed by atoms with van der Waals surface area (Å²) in [6, 6.07) is -5.00. The Balaban J connectivity index is 2.12. The highest BCUT2D eigenvalue weighted by Crippen LogP contribution is 2.43. The molecule has 2 saturated heterocycles. The first-order valence-electron chi connectivity index (χ1n) is 12.8. The molecule has 248 valence electrons. The number of hydrogen-bond donors (Lipinski definition) is 11. The first kappa shape index (κ1) is 35.5. The van der Waals surface area contributed by atoms with E-state index in [1.807, 2.05) is 0 Å². The molecule has 43 heavy (non-hydrogen) atoms. The number of nitrogens with zero attached hydrogens (tertiary/aromatic N) is 2. The van der Waals surface area contributed by atoms with E-state index in [2.05, 4.69) is 15.3 Å². The van der Waals surface area contributed by atoms with Crippen LogP contribution in [0, 0.1) is 0 Å². The summed E-state index contributed by atoms with van der Waals surface area (Å²) >= 11 is -3.60. The number of rotatable bonds is 11. The Labute approximate surface area is 246 Å². The average molecular weight is 646 g/mol. The van der Waals surface area contributed by atoms with Crippen molar-refractivity contribution >= 4 is 29.9 Å². The fourth-order valence-electron chi connectivity index (χ4n) is 5.28. The van der Waals surface area contributed by atoms with Gasteiger partial charge < -0.3 is 81.8 Å². The molecular weight excluding hydrogens is 608 g/mol. The fourth-order valence-corrected chi connectivity index (χ4v) is 5.73. The van der Waals surface area contributed by atoms with Crippen molar-refractivity contribution in [2.24, 2.45) is 27.2 Å². The average Bonchev–Trinajstić information content (AvgIpc) is 3.18. The molecule has 0 aromatic rings. The van der Waals surface area contributed by atoms with Crippen molar-refractivity contribution in [1.29, 1.82) is 0 Å². The summed E-state index contributed by atoms with van der Waals surface area (Å²) in [4.78, 5) is 19.6. The fraction of sp³-hybridized carbons (Fsp3) is 0.857. The molecule has 3 aliphatic rings. The third-order valence-electron chi connectivity index (χ3n) is 7.59. The summed E-state index contributed by atoms with van der Waals surface area (Å²) in [5.41, 5.74) is 13.6. The van der Waals surface area contributed by atoms with E-state index in [4.69, 9.17) is 40.3 Å². The Morgan fingerprint density at radius 1 is 1.12 bits per heavy atom. The summed E-state index contributed by atoms with van der Waals surface area (Å²) in [5.74, 6) is -3.92. The maximum atomic E-state index is 12.2. The van der Waals surface area contributed by atoms with Gasteiger partial charge in [0.1, 0.15) is 54.8 Å². The molecule has 0 amide bonds. The number of hydrogen-bond acceptors (Lipinski definition) is 18.